The lowest BCUT2D eigenvalue weighted by Crippen LogP contribution is -1.98. The normalized spacial score (nSPS) is 11.0. The third kappa shape index (κ3) is 3.69. The Kier molecular flexibility index (Phi) is 5.19. The molecule has 0 unspecified atom stereocenters. The second-order valence-electron chi connectivity index (χ2n) is 7.10. The highest BCUT2D eigenvalue weighted by Gasteiger charge is 2.14. The highest BCUT2D eigenvalue weighted by molar-refractivity contribution is 9.10. The summed E-state index contributed by atoms with van der Waals surface area (Å²) in [4.78, 5) is 0. The van der Waals surface area contributed by atoms with Gasteiger partial charge in [-0.2, -0.15) is 0 Å². The van der Waals surface area contributed by atoms with Gasteiger partial charge in [-0.3, -0.25) is 0 Å². The molecule has 0 fully saturated rings. The molecule has 5 aromatic carbocycles. The minimum atomic E-state index is 1.06. The number of hydrogen-bond donors (Lipinski definition) is 2. The lowest BCUT2D eigenvalue weighted by Gasteiger charge is -2.19. The summed E-state index contributed by atoms with van der Waals surface area (Å²) in [7, 11) is 0. The number of hydrogen-bond acceptors (Lipinski definition) is 2. The van der Waals surface area contributed by atoms with Gasteiger partial charge in [0, 0.05) is 41.9 Å². The molecule has 30 heavy (non-hydrogen) atoms. The maximum absolute atomic E-state index is 3.66. The van der Waals surface area contributed by atoms with Crippen molar-refractivity contribution in [3.63, 3.8) is 0 Å². The maximum Gasteiger partial charge on any atom is 0.0545 e. The molecule has 0 atom stereocenters. The third-order valence-corrected chi connectivity index (χ3v) is 6.22. The average Bonchev–Trinajstić information content (AvgIpc) is 2.78. The quantitative estimate of drug-likeness (QED) is 0.183. The Morgan fingerprint density at radius 2 is 0.700 bits per heavy atom. The first-order chi connectivity index (χ1) is 14.7. The molecule has 2 N–H and O–H groups in total. The molecule has 0 aliphatic rings. The summed E-state index contributed by atoms with van der Waals surface area (Å²) in [6.07, 6.45) is 0. The Morgan fingerprint density at radius 1 is 0.400 bits per heavy atom. The van der Waals surface area contributed by atoms with Crippen LogP contribution >= 0.6 is 31.9 Å². The number of halogens is 2. The summed E-state index contributed by atoms with van der Waals surface area (Å²) >= 11 is 7.03. The van der Waals surface area contributed by atoms with E-state index in [2.05, 4.69) is 140 Å². The Balaban J connectivity index is 1.73. The highest BCUT2D eigenvalue weighted by atomic mass is 79.9. The minimum Gasteiger partial charge on any atom is -0.355 e. The third-order valence-electron chi connectivity index (χ3n) is 5.16. The fourth-order valence-electron chi connectivity index (χ4n) is 3.75. The molecule has 0 aliphatic carbocycles. The fourth-order valence-corrected chi connectivity index (χ4v) is 4.28. The van der Waals surface area contributed by atoms with E-state index in [0.29, 0.717) is 0 Å². The first-order valence-corrected chi connectivity index (χ1v) is 11.3. The van der Waals surface area contributed by atoms with Gasteiger partial charge in [0.15, 0.2) is 0 Å². The standard InChI is InChI=1S/C26H18Br2N2/c27-17-9-13-19(14-10-17)29-25-21-5-1-2-6-22(21)26(24-8-4-3-7-23(24)25)30-20-15-11-18(28)12-16-20/h1-16,29-30H. The van der Waals surface area contributed by atoms with E-state index < -0.39 is 0 Å². The molecular formula is C26H18Br2N2. The zero-order valence-corrected chi connectivity index (χ0v) is 19.2. The number of anilines is 4. The number of rotatable bonds is 4. The number of fused-ring (bicyclic) bond motifs is 2. The van der Waals surface area contributed by atoms with Crippen molar-refractivity contribution in [2.75, 3.05) is 10.6 Å². The van der Waals surface area contributed by atoms with Gasteiger partial charge in [0.25, 0.3) is 0 Å². The van der Waals surface area contributed by atoms with Crippen molar-refractivity contribution in [3.8, 4) is 0 Å². The number of benzene rings is 5. The van der Waals surface area contributed by atoms with E-state index in [1.807, 2.05) is 0 Å². The van der Waals surface area contributed by atoms with Crippen molar-refractivity contribution in [2.45, 2.75) is 0 Å². The van der Waals surface area contributed by atoms with Crippen LogP contribution in [0.3, 0.4) is 0 Å². The predicted octanol–water partition coefficient (Wildman–Crippen LogP) is 9.01. The van der Waals surface area contributed by atoms with Crippen LogP contribution in [0.4, 0.5) is 22.7 Å². The predicted molar refractivity (Wildman–Crippen MR) is 136 cm³/mol. The smallest absolute Gasteiger partial charge is 0.0545 e. The lowest BCUT2D eigenvalue weighted by atomic mass is 9.98. The van der Waals surface area contributed by atoms with Crippen LogP contribution in [-0.4, -0.2) is 0 Å². The molecule has 2 nitrogen and oxygen atoms in total. The van der Waals surface area contributed by atoms with Crippen molar-refractivity contribution < 1.29 is 0 Å². The Morgan fingerprint density at radius 3 is 1.00 bits per heavy atom. The first-order valence-electron chi connectivity index (χ1n) is 9.68. The molecule has 146 valence electrons. The second-order valence-corrected chi connectivity index (χ2v) is 8.94. The topological polar surface area (TPSA) is 24.1 Å². The van der Waals surface area contributed by atoms with Crippen LogP contribution in [-0.2, 0) is 0 Å². The summed E-state index contributed by atoms with van der Waals surface area (Å²) in [6, 6.07) is 33.6. The summed E-state index contributed by atoms with van der Waals surface area (Å²) in [6.45, 7) is 0. The molecule has 0 amide bonds. The Labute approximate surface area is 192 Å². The van der Waals surface area contributed by atoms with Crippen molar-refractivity contribution in [1.29, 1.82) is 0 Å². The van der Waals surface area contributed by atoms with E-state index in [1.165, 1.54) is 21.5 Å². The van der Waals surface area contributed by atoms with Crippen molar-refractivity contribution in [3.05, 3.63) is 106 Å². The minimum absolute atomic E-state index is 1.06. The van der Waals surface area contributed by atoms with Gasteiger partial charge in [0.05, 0.1) is 11.4 Å². The van der Waals surface area contributed by atoms with Crippen molar-refractivity contribution >= 4 is 76.2 Å². The molecule has 5 aromatic rings. The van der Waals surface area contributed by atoms with E-state index >= 15 is 0 Å². The van der Waals surface area contributed by atoms with Crippen molar-refractivity contribution in [1.82, 2.24) is 0 Å². The van der Waals surface area contributed by atoms with Crippen LogP contribution in [0.1, 0.15) is 0 Å². The van der Waals surface area contributed by atoms with Gasteiger partial charge in [-0.1, -0.05) is 80.4 Å². The zero-order chi connectivity index (χ0) is 20.5. The Hall–Kier alpha value is -2.82. The van der Waals surface area contributed by atoms with Crippen LogP contribution < -0.4 is 10.6 Å². The van der Waals surface area contributed by atoms with E-state index in [1.54, 1.807) is 0 Å². The number of nitrogens with one attached hydrogen (secondary N) is 2. The monoisotopic (exact) mass is 516 g/mol. The fraction of sp³-hybridized carbons (Fsp3) is 0. The van der Waals surface area contributed by atoms with Crippen LogP contribution in [0.25, 0.3) is 21.5 Å². The lowest BCUT2D eigenvalue weighted by molar-refractivity contribution is 1.56. The summed E-state index contributed by atoms with van der Waals surface area (Å²) < 4.78 is 2.13. The molecule has 4 heteroatoms. The first kappa shape index (κ1) is 19.2. The molecule has 0 aliphatic heterocycles. The van der Waals surface area contributed by atoms with Crippen LogP contribution in [0.5, 0.6) is 0 Å². The van der Waals surface area contributed by atoms with E-state index in [0.717, 1.165) is 31.7 Å². The van der Waals surface area contributed by atoms with Gasteiger partial charge in [0.1, 0.15) is 0 Å². The van der Waals surface area contributed by atoms with Crippen LogP contribution in [0.15, 0.2) is 106 Å². The van der Waals surface area contributed by atoms with Gasteiger partial charge in [0.2, 0.25) is 0 Å². The van der Waals surface area contributed by atoms with Gasteiger partial charge in [-0.15, -0.1) is 0 Å². The molecule has 0 bridgehead atoms. The Bertz CT molecular complexity index is 1180. The van der Waals surface area contributed by atoms with Gasteiger partial charge in [-0.05, 0) is 48.5 Å². The van der Waals surface area contributed by atoms with Gasteiger partial charge < -0.3 is 10.6 Å². The zero-order valence-electron chi connectivity index (χ0n) is 16.0. The summed E-state index contributed by atoms with van der Waals surface area (Å²) in [5.74, 6) is 0. The molecular weight excluding hydrogens is 500 g/mol. The molecule has 0 heterocycles. The van der Waals surface area contributed by atoms with Gasteiger partial charge >= 0.3 is 0 Å². The SMILES string of the molecule is Brc1ccc(Nc2c3ccccc3c(Nc3ccc(Br)cc3)c3ccccc23)cc1. The van der Waals surface area contributed by atoms with E-state index in [9.17, 15) is 0 Å². The molecule has 0 saturated carbocycles. The van der Waals surface area contributed by atoms with Gasteiger partial charge in [-0.25, -0.2) is 0 Å². The summed E-state index contributed by atoms with van der Waals surface area (Å²) in [5, 5.41) is 12.0. The van der Waals surface area contributed by atoms with E-state index in [-0.39, 0.29) is 0 Å². The molecule has 0 radical (unpaired) electrons. The second kappa shape index (κ2) is 8.13. The summed E-state index contributed by atoms with van der Waals surface area (Å²) in [5.41, 5.74) is 4.35. The molecule has 5 rings (SSSR count). The van der Waals surface area contributed by atoms with Crippen molar-refractivity contribution in [2.24, 2.45) is 0 Å². The molecule has 0 saturated heterocycles. The van der Waals surface area contributed by atoms with Crippen LogP contribution in [0, 0.1) is 0 Å². The maximum atomic E-state index is 3.66. The van der Waals surface area contributed by atoms with Crippen LogP contribution in [0.2, 0.25) is 0 Å². The molecule has 0 spiro atoms. The largest absolute Gasteiger partial charge is 0.355 e. The van der Waals surface area contributed by atoms with E-state index in [4.69, 9.17) is 0 Å². The molecule has 0 aromatic heterocycles. The highest BCUT2D eigenvalue weighted by Crippen LogP contribution is 2.42. The average molecular weight is 518 g/mol.